The molecule has 0 unspecified atom stereocenters. The number of nitrogens with zero attached hydrogens (tertiary/aromatic N) is 1. The Kier molecular flexibility index (Phi) is 4.30. The van der Waals surface area contributed by atoms with Gasteiger partial charge in [0.1, 0.15) is 5.58 Å². The monoisotopic (exact) mass is 273 g/mol. The van der Waals surface area contributed by atoms with E-state index in [1.807, 2.05) is 19.1 Å². The van der Waals surface area contributed by atoms with Crippen molar-refractivity contribution in [2.45, 2.75) is 26.7 Å². The third-order valence-corrected chi connectivity index (χ3v) is 2.77. The second-order valence-corrected chi connectivity index (χ2v) is 4.38. The van der Waals surface area contributed by atoms with Crippen LogP contribution in [0, 0.1) is 0 Å². The van der Waals surface area contributed by atoms with E-state index in [0.29, 0.717) is 24.1 Å². The lowest BCUT2D eigenvalue weighted by Gasteiger charge is -2.01. The topological polar surface area (TPSA) is 68.9 Å². The van der Waals surface area contributed by atoms with Gasteiger partial charge in [-0.2, -0.15) is 0 Å². The van der Waals surface area contributed by atoms with E-state index in [0.717, 1.165) is 5.39 Å². The molecule has 0 spiro atoms. The van der Waals surface area contributed by atoms with Crippen LogP contribution in [0.3, 0.4) is 0 Å². The van der Waals surface area contributed by atoms with Gasteiger partial charge < -0.3 is 9.25 Å². The number of fused-ring (bicyclic) bond motifs is 1. The highest BCUT2D eigenvalue weighted by molar-refractivity contribution is 6.00. The number of hydrogen-bond acceptors (Lipinski definition) is 5. The van der Waals surface area contributed by atoms with Crippen molar-refractivity contribution < 1.29 is 14.0 Å². The molecule has 5 nitrogen and oxygen atoms in total. The van der Waals surface area contributed by atoms with Gasteiger partial charge in [0, 0.05) is 11.8 Å². The molecule has 0 aliphatic carbocycles. The van der Waals surface area contributed by atoms with Crippen LogP contribution in [0.1, 0.15) is 32.3 Å². The molecule has 0 aliphatic rings. The quantitative estimate of drug-likeness (QED) is 0.372. The van der Waals surface area contributed by atoms with Gasteiger partial charge in [-0.15, -0.1) is 0 Å². The maximum Gasteiger partial charge on any atom is 0.345 e. The first-order chi connectivity index (χ1) is 9.61. The Labute approximate surface area is 115 Å². The molecule has 1 aromatic carbocycles. The molecule has 0 fully saturated rings. The Morgan fingerprint density at radius 2 is 2.10 bits per heavy atom. The zero-order valence-electron chi connectivity index (χ0n) is 11.4. The number of rotatable bonds is 4. The minimum atomic E-state index is -0.503. The summed E-state index contributed by atoms with van der Waals surface area (Å²) in [7, 11) is 0. The molecule has 2 aromatic rings. The Morgan fingerprint density at radius 3 is 2.85 bits per heavy atom. The van der Waals surface area contributed by atoms with E-state index in [1.165, 1.54) is 0 Å². The lowest BCUT2D eigenvalue weighted by atomic mass is 10.1. The third-order valence-electron chi connectivity index (χ3n) is 2.77. The summed E-state index contributed by atoms with van der Waals surface area (Å²) < 4.78 is 5.19. The highest BCUT2D eigenvalue weighted by Crippen LogP contribution is 2.13. The summed E-state index contributed by atoms with van der Waals surface area (Å²) in [6, 6.07) is 8.86. The molecular weight excluding hydrogens is 258 g/mol. The van der Waals surface area contributed by atoms with Gasteiger partial charge >= 0.3 is 11.6 Å². The van der Waals surface area contributed by atoms with Gasteiger partial charge in [0.05, 0.1) is 11.3 Å². The maximum absolute atomic E-state index is 11.9. The van der Waals surface area contributed by atoms with Crippen LogP contribution in [-0.2, 0) is 9.63 Å². The van der Waals surface area contributed by atoms with Crippen LogP contribution in [0.5, 0.6) is 0 Å². The van der Waals surface area contributed by atoms with Crippen molar-refractivity contribution >= 4 is 22.7 Å². The van der Waals surface area contributed by atoms with Gasteiger partial charge in [0.2, 0.25) is 0 Å². The average Bonchev–Trinajstić information content (AvgIpc) is 2.44. The zero-order chi connectivity index (χ0) is 14.5. The molecule has 0 amide bonds. The largest absolute Gasteiger partial charge is 0.422 e. The van der Waals surface area contributed by atoms with Crippen molar-refractivity contribution in [3.63, 3.8) is 0 Å². The predicted molar refractivity (Wildman–Crippen MR) is 75.7 cm³/mol. The zero-order valence-corrected chi connectivity index (χ0v) is 11.4. The summed E-state index contributed by atoms with van der Waals surface area (Å²) in [5.41, 5.74) is 0.607. The second kappa shape index (κ2) is 6.14. The summed E-state index contributed by atoms with van der Waals surface area (Å²) >= 11 is 0. The summed E-state index contributed by atoms with van der Waals surface area (Å²) in [6.45, 7) is 3.47. The molecule has 0 N–H and O–H groups in total. The van der Waals surface area contributed by atoms with Gasteiger partial charge in [-0.05, 0) is 25.5 Å². The van der Waals surface area contributed by atoms with Crippen molar-refractivity contribution in [2.24, 2.45) is 5.16 Å². The van der Waals surface area contributed by atoms with Gasteiger partial charge in [0.15, 0.2) is 0 Å². The lowest BCUT2D eigenvalue weighted by molar-refractivity contribution is -0.143. The van der Waals surface area contributed by atoms with Crippen molar-refractivity contribution in [1.29, 1.82) is 0 Å². The lowest BCUT2D eigenvalue weighted by Crippen LogP contribution is -2.13. The van der Waals surface area contributed by atoms with E-state index in [1.54, 1.807) is 25.1 Å². The second-order valence-electron chi connectivity index (χ2n) is 4.38. The van der Waals surface area contributed by atoms with Gasteiger partial charge in [-0.25, -0.2) is 9.59 Å². The minimum absolute atomic E-state index is 0.285. The Morgan fingerprint density at radius 1 is 1.35 bits per heavy atom. The molecule has 1 heterocycles. The standard InChI is InChI=1S/C15H15NO4/c1-3-6-14(17)20-16-10(2)12-9-11-7-4-5-8-13(11)19-15(12)18/h4-5,7-9H,3,6H2,1-2H3/b16-10-. The summed E-state index contributed by atoms with van der Waals surface area (Å²) in [5.74, 6) is -0.419. The van der Waals surface area contributed by atoms with Crippen molar-refractivity contribution in [3.05, 3.63) is 46.3 Å². The van der Waals surface area contributed by atoms with E-state index in [2.05, 4.69) is 5.16 Å². The highest BCUT2D eigenvalue weighted by Gasteiger charge is 2.09. The Bertz CT molecular complexity index is 715. The number of hydrogen-bond donors (Lipinski definition) is 0. The molecule has 0 saturated heterocycles. The van der Waals surface area contributed by atoms with E-state index in [9.17, 15) is 9.59 Å². The SMILES string of the molecule is CCCC(=O)O/N=C(/C)c1cc2ccccc2oc1=O. The predicted octanol–water partition coefficient (Wildman–Crippen LogP) is 2.86. The average molecular weight is 273 g/mol. The summed E-state index contributed by atoms with van der Waals surface area (Å²) in [6.07, 6.45) is 0.981. The van der Waals surface area contributed by atoms with Crippen LogP contribution in [-0.4, -0.2) is 11.7 Å². The summed E-state index contributed by atoms with van der Waals surface area (Å²) in [4.78, 5) is 27.8. The van der Waals surface area contributed by atoms with E-state index >= 15 is 0 Å². The molecule has 1 aromatic heterocycles. The van der Waals surface area contributed by atoms with E-state index in [-0.39, 0.29) is 5.56 Å². The molecule has 2 rings (SSSR count). The minimum Gasteiger partial charge on any atom is -0.422 e. The number of carbonyl (C=O) groups is 1. The van der Waals surface area contributed by atoms with Gasteiger partial charge in [-0.1, -0.05) is 30.3 Å². The van der Waals surface area contributed by atoms with Gasteiger partial charge in [-0.3, -0.25) is 0 Å². The fourth-order valence-electron chi connectivity index (χ4n) is 1.73. The van der Waals surface area contributed by atoms with Crippen molar-refractivity contribution in [1.82, 2.24) is 0 Å². The molecule has 5 heteroatoms. The molecular formula is C15H15NO4. The number of benzene rings is 1. The van der Waals surface area contributed by atoms with Crippen LogP contribution in [0.15, 0.2) is 44.7 Å². The molecule has 20 heavy (non-hydrogen) atoms. The molecule has 0 radical (unpaired) electrons. The Balaban J connectivity index is 2.32. The van der Waals surface area contributed by atoms with Crippen molar-refractivity contribution in [2.75, 3.05) is 0 Å². The smallest absolute Gasteiger partial charge is 0.345 e. The first-order valence-corrected chi connectivity index (χ1v) is 6.39. The normalized spacial score (nSPS) is 11.6. The van der Waals surface area contributed by atoms with Crippen LogP contribution in [0.4, 0.5) is 0 Å². The van der Waals surface area contributed by atoms with Crippen LogP contribution in [0.25, 0.3) is 11.0 Å². The highest BCUT2D eigenvalue weighted by atomic mass is 16.7. The molecule has 0 atom stereocenters. The number of carbonyl (C=O) groups excluding carboxylic acids is 1. The fraction of sp³-hybridized carbons (Fsp3) is 0.267. The molecule has 0 bridgehead atoms. The first kappa shape index (κ1) is 14.0. The third kappa shape index (κ3) is 3.12. The van der Waals surface area contributed by atoms with Crippen LogP contribution in [0.2, 0.25) is 0 Å². The molecule has 104 valence electrons. The molecule has 0 saturated carbocycles. The number of para-hydroxylation sites is 1. The van der Waals surface area contributed by atoms with Gasteiger partial charge in [0.25, 0.3) is 0 Å². The van der Waals surface area contributed by atoms with Crippen LogP contribution >= 0.6 is 0 Å². The fourth-order valence-corrected chi connectivity index (χ4v) is 1.73. The van der Waals surface area contributed by atoms with Crippen LogP contribution < -0.4 is 5.63 Å². The first-order valence-electron chi connectivity index (χ1n) is 6.39. The summed E-state index contributed by atoms with van der Waals surface area (Å²) in [5, 5.41) is 4.48. The van der Waals surface area contributed by atoms with E-state index < -0.39 is 11.6 Å². The Hall–Kier alpha value is -2.43. The molecule has 0 aliphatic heterocycles. The number of oxime groups is 1. The van der Waals surface area contributed by atoms with Crippen molar-refractivity contribution in [3.8, 4) is 0 Å². The van der Waals surface area contributed by atoms with E-state index in [4.69, 9.17) is 9.25 Å². The maximum atomic E-state index is 11.9.